The molecule has 1 heterocycles. The summed E-state index contributed by atoms with van der Waals surface area (Å²) in [5.41, 5.74) is -0.215. The minimum Gasteiger partial charge on any atom is -0.462 e. The Kier molecular flexibility index (Phi) is 4.74. The molecule has 0 amide bonds. The van der Waals surface area contributed by atoms with E-state index in [1.807, 2.05) is 17.7 Å². The maximum Gasteiger partial charge on any atom is 0.342 e. The average molecular weight is 297 g/mol. The van der Waals surface area contributed by atoms with E-state index >= 15 is 0 Å². The van der Waals surface area contributed by atoms with Crippen molar-refractivity contribution in [2.24, 2.45) is 0 Å². The monoisotopic (exact) mass is 296 g/mol. The Hall–Kier alpha value is -1.88. The van der Waals surface area contributed by atoms with E-state index in [1.165, 1.54) is 18.2 Å². The van der Waals surface area contributed by atoms with E-state index in [2.05, 4.69) is 4.98 Å². The van der Waals surface area contributed by atoms with Crippen molar-refractivity contribution >= 4 is 17.6 Å². The summed E-state index contributed by atoms with van der Waals surface area (Å²) in [4.78, 5) is 15.8. The van der Waals surface area contributed by atoms with Crippen molar-refractivity contribution in [3.63, 3.8) is 0 Å². The highest BCUT2D eigenvalue weighted by Crippen LogP contribution is 2.19. The van der Waals surface area contributed by atoms with E-state index in [4.69, 9.17) is 16.3 Å². The SMILES string of the molecule is Cc1nccn1CCCOC(=O)c1c(F)cccc1Cl. The smallest absolute Gasteiger partial charge is 0.342 e. The fourth-order valence-corrected chi connectivity index (χ4v) is 2.04. The minimum atomic E-state index is -0.740. The summed E-state index contributed by atoms with van der Waals surface area (Å²) in [7, 11) is 0. The molecule has 6 heteroatoms. The summed E-state index contributed by atoms with van der Waals surface area (Å²) in [6, 6.07) is 4.07. The van der Waals surface area contributed by atoms with Crippen LogP contribution in [0.5, 0.6) is 0 Å². The van der Waals surface area contributed by atoms with E-state index < -0.39 is 11.8 Å². The van der Waals surface area contributed by atoms with Crippen molar-refractivity contribution in [2.75, 3.05) is 6.61 Å². The number of aromatic nitrogens is 2. The van der Waals surface area contributed by atoms with Gasteiger partial charge in [0.1, 0.15) is 17.2 Å². The molecular formula is C14H14ClFN2O2. The second kappa shape index (κ2) is 6.52. The predicted octanol–water partition coefficient (Wildman–Crippen LogP) is 3.23. The Balaban J connectivity index is 1.85. The minimum absolute atomic E-state index is 0.0560. The largest absolute Gasteiger partial charge is 0.462 e. The molecule has 1 aromatic carbocycles. The zero-order chi connectivity index (χ0) is 14.5. The highest BCUT2D eigenvalue weighted by molar-refractivity contribution is 6.33. The van der Waals surface area contributed by atoms with Crippen molar-refractivity contribution in [3.05, 3.63) is 52.8 Å². The molecule has 0 atom stereocenters. The molecule has 0 fully saturated rings. The van der Waals surface area contributed by atoms with Gasteiger partial charge in [-0.2, -0.15) is 0 Å². The highest BCUT2D eigenvalue weighted by atomic mass is 35.5. The lowest BCUT2D eigenvalue weighted by Crippen LogP contribution is -2.11. The number of ether oxygens (including phenoxy) is 1. The molecule has 1 aromatic heterocycles. The van der Waals surface area contributed by atoms with Gasteiger partial charge >= 0.3 is 5.97 Å². The topological polar surface area (TPSA) is 44.1 Å². The van der Waals surface area contributed by atoms with Crippen molar-refractivity contribution in [1.82, 2.24) is 9.55 Å². The summed E-state index contributed by atoms with van der Waals surface area (Å²) < 4.78 is 20.5. The number of carbonyl (C=O) groups is 1. The maximum absolute atomic E-state index is 13.5. The van der Waals surface area contributed by atoms with Gasteiger partial charge in [-0.05, 0) is 25.5 Å². The van der Waals surface area contributed by atoms with E-state index in [9.17, 15) is 9.18 Å². The van der Waals surface area contributed by atoms with Crippen molar-refractivity contribution < 1.29 is 13.9 Å². The predicted molar refractivity (Wildman–Crippen MR) is 73.3 cm³/mol. The van der Waals surface area contributed by atoms with Crippen LogP contribution in [0.3, 0.4) is 0 Å². The maximum atomic E-state index is 13.5. The van der Waals surface area contributed by atoms with Gasteiger partial charge < -0.3 is 9.30 Å². The van der Waals surface area contributed by atoms with Crippen LogP contribution in [0.15, 0.2) is 30.6 Å². The van der Waals surface area contributed by atoms with Gasteiger partial charge in [0.05, 0.1) is 11.6 Å². The lowest BCUT2D eigenvalue weighted by molar-refractivity contribution is 0.0491. The molecule has 0 bridgehead atoms. The molecule has 2 rings (SSSR count). The summed E-state index contributed by atoms with van der Waals surface area (Å²) in [6.07, 6.45) is 4.18. The summed E-state index contributed by atoms with van der Waals surface area (Å²) >= 11 is 5.79. The second-order valence-electron chi connectivity index (χ2n) is 4.25. The number of esters is 1. The zero-order valence-corrected chi connectivity index (χ0v) is 11.7. The molecule has 0 aliphatic heterocycles. The number of hydrogen-bond donors (Lipinski definition) is 0. The molecule has 0 aliphatic rings. The van der Waals surface area contributed by atoms with Gasteiger partial charge in [-0.15, -0.1) is 0 Å². The molecule has 0 radical (unpaired) electrons. The number of benzene rings is 1. The molecule has 20 heavy (non-hydrogen) atoms. The zero-order valence-electron chi connectivity index (χ0n) is 11.0. The van der Waals surface area contributed by atoms with Gasteiger partial charge in [0.25, 0.3) is 0 Å². The molecule has 4 nitrogen and oxygen atoms in total. The molecule has 0 N–H and O–H groups in total. The fourth-order valence-electron chi connectivity index (χ4n) is 1.80. The third-order valence-electron chi connectivity index (χ3n) is 2.87. The summed E-state index contributed by atoms with van der Waals surface area (Å²) in [6.45, 7) is 2.77. The van der Waals surface area contributed by atoms with E-state index in [0.717, 1.165) is 5.82 Å². The second-order valence-corrected chi connectivity index (χ2v) is 4.66. The van der Waals surface area contributed by atoms with Gasteiger partial charge in [-0.25, -0.2) is 14.2 Å². The van der Waals surface area contributed by atoms with Crippen molar-refractivity contribution in [2.45, 2.75) is 19.9 Å². The molecule has 0 aliphatic carbocycles. The van der Waals surface area contributed by atoms with E-state index in [1.54, 1.807) is 6.20 Å². The first kappa shape index (κ1) is 14.5. The third kappa shape index (κ3) is 3.36. The normalized spacial score (nSPS) is 10.6. The number of aryl methyl sites for hydroxylation is 2. The number of rotatable bonds is 5. The first-order chi connectivity index (χ1) is 9.59. The van der Waals surface area contributed by atoms with E-state index in [0.29, 0.717) is 13.0 Å². The number of hydrogen-bond acceptors (Lipinski definition) is 3. The average Bonchev–Trinajstić information content (AvgIpc) is 2.80. The Labute approximate surface area is 121 Å². The Morgan fingerprint density at radius 2 is 2.30 bits per heavy atom. The molecule has 2 aromatic rings. The highest BCUT2D eigenvalue weighted by Gasteiger charge is 2.16. The van der Waals surface area contributed by atoms with Gasteiger partial charge in [0, 0.05) is 18.9 Å². The van der Waals surface area contributed by atoms with Crippen LogP contribution in [0.2, 0.25) is 5.02 Å². The molecule has 106 valence electrons. The Morgan fingerprint density at radius 3 is 2.95 bits per heavy atom. The number of imidazole rings is 1. The molecule has 0 saturated heterocycles. The van der Waals surface area contributed by atoms with Gasteiger partial charge in [0.2, 0.25) is 0 Å². The van der Waals surface area contributed by atoms with Gasteiger partial charge in [-0.3, -0.25) is 0 Å². The van der Waals surface area contributed by atoms with Gasteiger partial charge in [-0.1, -0.05) is 17.7 Å². The summed E-state index contributed by atoms with van der Waals surface area (Å²) in [5, 5.41) is 0.0560. The van der Waals surface area contributed by atoms with Crippen LogP contribution in [-0.2, 0) is 11.3 Å². The van der Waals surface area contributed by atoms with Crippen molar-refractivity contribution in [3.8, 4) is 0 Å². The standard InChI is InChI=1S/C14H14ClFN2O2/c1-10-17-6-8-18(10)7-3-9-20-14(19)13-11(15)4-2-5-12(13)16/h2,4-6,8H,3,7,9H2,1H3. The Bertz CT molecular complexity index is 593. The van der Waals surface area contributed by atoms with Crippen molar-refractivity contribution in [1.29, 1.82) is 0 Å². The molecular weight excluding hydrogens is 283 g/mol. The van der Waals surface area contributed by atoms with E-state index in [-0.39, 0.29) is 17.2 Å². The third-order valence-corrected chi connectivity index (χ3v) is 3.18. The fraction of sp³-hybridized carbons (Fsp3) is 0.286. The molecule has 0 spiro atoms. The lowest BCUT2D eigenvalue weighted by atomic mass is 10.2. The summed E-state index contributed by atoms with van der Waals surface area (Å²) in [5.74, 6) is -0.517. The number of carbonyl (C=O) groups excluding carboxylic acids is 1. The Morgan fingerprint density at radius 1 is 1.50 bits per heavy atom. The number of halogens is 2. The van der Waals surface area contributed by atoms with Crippen LogP contribution in [-0.4, -0.2) is 22.1 Å². The van der Waals surface area contributed by atoms with Gasteiger partial charge in [0.15, 0.2) is 0 Å². The molecule has 0 saturated carbocycles. The van der Waals surface area contributed by atoms with Crippen LogP contribution < -0.4 is 0 Å². The quantitative estimate of drug-likeness (QED) is 0.628. The van der Waals surface area contributed by atoms with Crippen LogP contribution in [0, 0.1) is 12.7 Å². The van der Waals surface area contributed by atoms with Crippen LogP contribution in [0.25, 0.3) is 0 Å². The first-order valence-electron chi connectivity index (χ1n) is 6.18. The molecule has 0 unspecified atom stereocenters. The lowest BCUT2D eigenvalue weighted by Gasteiger charge is -2.08. The van der Waals surface area contributed by atoms with Crippen LogP contribution in [0.4, 0.5) is 4.39 Å². The first-order valence-corrected chi connectivity index (χ1v) is 6.56. The number of nitrogens with zero attached hydrogens (tertiary/aromatic N) is 2. The van der Waals surface area contributed by atoms with Crippen LogP contribution in [0.1, 0.15) is 22.6 Å². The van der Waals surface area contributed by atoms with Crippen LogP contribution >= 0.6 is 11.6 Å².